The second kappa shape index (κ2) is 5.20. The average molecular weight is 232 g/mol. The molecule has 94 valence electrons. The molecule has 0 aromatic carbocycles. The Morgan fingerprint density at radius 3 is 2.41 bits per heavy atom. The lowest BCUT2D eigenvalue weighted by Crippen LogP contribution is -2.37. The van der Waals surface area contributed by atoms with Gasteiger partial charge in [0.25, 0.3) is 0 Å². The van der Waals surface area contributed by atoms with Gasteiger partial charge in [-0.2, -0.15) is 0 Å². The summed E-state index contributed by atoms with van der Waals surface area (Å²) >= 11 is 0. The van der Waals surface area contributed by atoms with E-state index >= 15 is 0 Å². The third-order valence-electron chi connectivity index (χ3n) is 4.71. The summed E-state index contributed by atoms with van der Waals surface area (Å²) in [6.07, 6.45) is 14.7. The molecule has 1 heteroatoms. The van der Waals surface area contributed by atoms with Crippen molar-refractivity contribution in [3.8, 4) is 0 Å². The maximum absolute atomic E-state index is 12.4. The van der Waals surface area contributed by atoms with Crippen molar-refractivity contribution in [1.82, 2.24) is 0 Å². The molecule has 0 amide bonds. The molecule has 0 heterocycles. The van der Waals surface area contributed by atoms with Gasteiger partial charge in [0.05, 0.1) is 0 Å². The predicted octanol–water partition coefficient (Wildman–Crippen LogP) is 4.44. The summed E-state index contributed by atoms with van der Waals surface area (Å²) in [6.45, 7) is 4.04. The molecule has 0 aromatic rings. The maximum Gasteiger partial charge on any atom is 0.163 e. The van der Waals surface area contributed by atoms with E-state index in [1.807, 2.05) is 13.0 Å². The van der Waals surface area contributed by atoms with Crippen LogP contribution in [0.5, 0.6) is 0 Å². The highest BCUT2D eigenvalue weighted by molar-refractivity contribution is 5.94. The lowest BCUT2D eigenvalue weighted by Gasteiger charge is -2.42. The van der Waals surface area contributed by atoms with Gasteiger partial charge in [-0.3, -0.25) is 4.79 Å². The molecular weight excluding hydrogens is 208 g/mol. The molecule has 17 heavy (non-hydrogen) atoms. The SMILES string of the molecule is C/C=C1/CCCC2(CCCC2)C1C(=O)/C=C/C. The van der Waals surface area contributed by atoms with Crippen molar-refractivity contribution in [2.45, 2.75) is 58.8 Å². The topological polar surface area (TPSA) is 17.1 Å². The summed E-state index contributed by atoms with van der Waals surface area (Å²) < 4.78 is 0. The molecule has 1 nitrogen and oxygen atoms in total. The third-order valence-corrected chi connectivity index (χ3v) is 4.71. The third kappa shape index (κ3) is 2.25. The van der Waals surface area contributed by atoms with E-state index in [2.05, 4.69) is 13.0 Å². The van der Waals surface area contributed by atoms with Crippen LogP contribution in [-0.4, -0.2) is 5.78 Å². The fourth-order valence-electron chi connectivity index (χ4n) is 4.00. The monoisotopic (exact) mass is 232 g/mol. The van der Waals surface area contributed by atoms with Gasteiger partial charge < -0.3 is 0 Å². The van der Waals surface area contributed by atoms with Crippen LogP contribution in [0, 0.1) is 11.3 Å². The molecule has 2 aliphatic carbocycles. The Labute approximate surface area is 105 Å². The number of allylic oxidation sites excluding steroid dienone is 4. The van der Waals surface area contributed by atoms with E-state index in [0.29, 0.717) is 11.2 Å². The standard InChI is InChI=1S/C16H24O/c1-3-8-14(17)15-13(4-2)9-7-12-16(15)10-5-6-11-16/h3-4,8,15H,5-7,9-12H2,1-2H3/b8-3+,13-4-. The van der Waals surface area contributed by atoms with E-state index in [1.165, 1.54) is 44.1 Å². The van der Waals surface area contributed by atoms with Gasteiger partial charge in [0.2, 0.25) is 0 Å². The van der Waals surface area contributed by atoms with Crippen LogP contribution < -0.4 is 0 Å². The molecule has 2 saturated carbocycles. The first-order valence-corrected chi connectivity index (χ1v) is 7.05. The number of hydrogen-bond donors (Lipinski definition) is 0. The Hall–Kier alpha value is -0.850. The van der Waals surface area contributed by atoms with E-state index in [1.54, 1.807) is 6.08 Å². The van der Waals surface area contributed by atoms with Crippen molar-refractivity contribution in [2.24, 2.45) is 11.3 Å². The normalized spacial score (nSPS) is 30.5. The van der Waals surface area contributed by atoms with E-state index in [4.69, 9.17) is 0 Å². The molecule has 0 bridgehead atoms. The van der Waals surface area contributed by atoms with Crippen LogP contribution in [0.1, 0.15) is 58.8 Å². The Balaban J connectivity index is 2.33. The van der Waals surface area contributed by atoms with Crippen LogP contribution >= 0.6 is 0 Å². The first-order valence-electron chi connectivity index (χ1n) is 7.05. The number of rotatable bonds is 2. The van der Waals surface area contributed by atoms with E-state index in [0.717, 1.165) is 6.42 Å². The van der Waals surface area contributed by atoms with Crippen LogP contribution in [0.2, 0.25) is 0 Å². The van der Waals surface area contributed by atoms with Gasteiger partial charge in [-0.05, 0) is 57.4 Å². The van der Waals surface area contributed by atoms with Gasteiger partial charge in [-0.1, -0.05) is 30.6 Å². The number of carbonyl (C=O) groups excluding carboxylic acids is 1. The molecule has 2 fully saturated rings. The molecule has 0 radical (unpaired) electrons. The fraction of sp³-hybridized carbons (Fsp3) is 0.688. The van der Waals surface area contributed by atoms with Gasteiger partial charge >= 0.3 is 0 Å². The minimum absolute atomic E-state index is 0.194. The average Bonchev–Trinajstić information content (AvgIpc) is 2.77. The second-order valence-electron chi connectivity index (χ2n) is 5.62. The first kappa shape index (κ1) is 12.6. The largest absolute Gasteiger partial charge is 0.294 e. The highest BCUT2D eigenvalue weighted by Crippen LogP contribution is 2.54. The lowest BCUT2D eigenvalue weighted by atomic mass is 9.61. The Kier molecular flexibility index (Phi) is 3.86. The summed E-state index contributed by atoms with van der Waals surface area (Å²) in [5.74, 6) is 0.544. The van der Waals surface area contributed by atoms with Crippen LogP contribution in [0.15, 0.2) is 23.8 Å². The van der Waals surface area contributed by atoms with Crippen molar-refractivity contribution in [1.29, 1.82) is 0 Å². The predicted molar refractivity (Wildman–Crippen MR) is 71.8 cm³/mol. The molecule has 0 aromatic heterocycles. The van der Waals surface area contributed by atoms with E-state index in [9.17, 15) is 4.79 Å². The molecule has 1 atom stereocenters. The maximum atomic E-state index is 12.4. The Morgan fingerprint density at radius 2 is 1.82 bits per heavy atom. The van der Waals surface area contributed by atoms with Crippen molar-refractivity contribution in [2.75, 3.05) is 0 Å². The van der Waals surface area contributed by atoms with Crippen molar-refractivity contribution < 1.29 is 4.79 Å². The number of ketones is 1. The second-order valence-corrected chi connectivity index (χ2v) is 5.62. The van der Waals surface area contributed by atoms with E-state index < -0.39 is 0 Å². The summed E-state index contributed by atoms with van der Waals surface area (Å²) in [4.78, 5) is 12.4. The van der Waals surface area contributed by atoms with Gasteiger partial charge in [0.1, 0.15) is 0 Å². The van der Waals surface area contributed by atoms with Crippen molar-refractivity contribution >= 4 is 5.78 Å². The highest BCUT2D eigenvalue weighted by Gasteiger charge is 2.46. The molecule has 0 saturated heterocycles. The van der Waals surface area contributed by atoms with Gasteiger partial charge in [0.15, 0.2) is 5.78 Å². The molecule has 2 aliphatic rings. The van der Waals surface area contributed by atoms with Gasteiger partial charge in [-0.25, -0.2) is 0 Å². The van der Waals surface area contributed by atoms with Crippen LogP contribution in [0.4, 0.5) is 0 Å². The quantitative estimate of drug-likeness (QED) is 0.508. The molecule has 2 rings (SSSR count). The highest BCUT2D eigenvalue weighted by atomic mass is 16.1. The van der Waals surface area contributed by atoms with Crippen LogP contribution in [0.3, 0.4) is 0 Å². The number of carbonyl (C=O) groups is 1. The number of hydrogen-bond acceptors (Lipinski definition) is 1. The van der Waals surface area contributed by atoms with Crippen molar-refractivity contribution in [3.63, 3.8) is 0 Å². The Bertz CT molecular complexity index is 343. The molecule has 0 aliphatic heterocycles. The minimum Gasteiger partial charge on any atom is -0.294 e. The first-order chi connectivity index (χ1) is 8.23. The molecule has 1 unspecified atom stereocenters. The minimum atomic E-state index is 0.194. The molecule has 1 spiro atoms. The zero-order valence-electron chi connectivity index (χ0n) is 11.2. The molecular formula is C16H24O. The van der Waals surface area contributed by atoms with E-state index in [-0.39, 0.29) is 5.92 Å². The van der Waals surface area contributed by atoms with Crippen LogP contribution in [-0.2, 0) is 4.79 Å². The zero-order chi connectivity index (χ0) is 12.3. The summed E-state index contributed by atoms with van der Waals surface area (Å²) in [7, 11) is 0. The van der Waals surface area contributed by atoms with Gasteiger partial charge in [-0.15, -0.1) is 0 Å². The lowest BCUT2D eigenvalue weighted by molar-refractivity contribution is -0.121. The van der Waals surface area contributed by atoms with Crippen molar-refractivity contribution in [3.05, 3.63) is 23.8 Å². The fourth-order valence-corrected chi connectivity index (χ4v) is 4.00. The van der Waals surface area contributed by atoms with Crippen LogP contribution in [0.25, 0.3) is 0 Å². The summed E-state index contributed by atoms with van der Waals surface area (Å²) in [5, 5.41) is 0. The smallest absolute Gasteiger partial charge is 0.163 e. The van der Waals surface area contributed by atoms with Gasteiger partial charge in [0, 0.05) is 5.92 Å². The summed E-state index contributed by atoms with van der Waals surface area (Å²) in [5.41, 5.74) is 1.72. The zero-order valence-corrected chi connectivity index (χ0v) is 11.2. The molecule has 0 N–H and O–H groups in total. The summed E-state index contributed by atoms with van der Waals surface area (Å²) in [6, 6.07) is 0. The Morgan fingerprint density at radius 1 is 1.18 bits per heavy atom.